The van der Waals surface area contributed by atoms with Crippen LogP contribution in [0.25, 0.3) is 0 Å². The molecule has 0 spiro atoms. The summed E-state index contributed by atoms with van der Waals surface area (Å²) in [5.74, 6) is 0.738. The number of amides is 1. The third-order valence-electron chi connectivity index (χ3n) is 2.65. The highest BCUT2D eigenvalue weighted by atomic mass is 16.2. The lowest BCUT2D eigenvalue weighted by atomic mass is 9.99. The van der Waals surface area contributed by atoms with Crippen molar-refractivity contribution in [1.29, 1.82) is 0 Å². The average Bonchev–Trinajstić information content (AvgIpc) is 2.38. The van der Waals surface area contributed by atoms with E-state index in [2.05, 4.69) is 21.2 Å². The van der Waals surface area contributed by atoms with Gasteiger partial charge in [-0.25, -0.2) is 4.98 Å². The molecule has 0 aliphatic carbocycles. The molecule has 1 aromatic heterocycles. The van der Waals surface area contributed by atoms with Gasteiger partial charge in [0.05, 0.1) is 5.92 Å². The van der Waals surface area contributed by atoms with E-state index in [0.29, 0.717) is 5.82 Å². The van der Waals surface area contributed by atoms with E-state index in [1.165, 1.54) is 0 Å². The first-order valence-corrected chi connectivity index (χ1v) is 5.54. The number of nitrogens with zero attached hydrogens (tertiary/aromatic N) is 1. The molecule has 1 aliphatic rings. The molecule has 5 heteroatoms. The molecule has 1 amide bonds. The van der Waals surface area contributed by atoms with Crippen LogP contribution in [0.5, 0.6) is 0 Å². The van der Waals surface area contributed by atoms with Gasteiger partial charge < -0.3 is 5.32 Å². The van der Waals surface area contributed by atoms with Gasteiger partial charge in [-0.15, -0.1) is 0 Å². The van der Waals surface area contributed by atoms with E-state index in [9.17, 15) is 4.79 Å². The predicted molar refractivity (Wildman–Crippen MR) is 61.6 cm³/mol. The normalized spacial score (nSPS) is 20.1. The number of nitrogens with one attached hydrogen (secondary N) is 3. The third-order valence-corrected chi connectivity index (χ3v) is 2.65. The lowest BCUT2D eigenvalue weighted by Crippen LogP contribution is -2.42. The molecule has 1 aromatic rings. The zero-order chi connectivity index (χ0) is 11.2. The Morgan fingerprint density at radius 3 is 3.12 bits per heavy atom. The molecule has 5 nitrogen and oxygen atoms in total. The Hall–Kier alpha value is -1.62. The Balaban J connectivity index is 1.79. The van der Waals surface area contributed by atoms with Crippen molar-refractivity contribution < 1.29 is 4.79 Å². The molecule has 0 radical (unpaired) electrons. The zero-order valence-electron chi connectivity index (χ0n) is 9.07. The van der Waals surface area contributed by atoms with Crippen molar-refractivity contribution in [3.05, 3.63) is 24.4 Å². The number of anilines is 1. The summed E-state index contributed by atoms with van der Waals surface area (Å²) in [5, 5.41) is 3.21. The minimum absolute atomic E-state index is 0.0258. The maximum atomic E-state index is 11.7. The fraction of sp³-hybridized carbons (Fsp3) is 0.455. The number of carbonyl (C=O) groups is 1. The summed E-state index contributed by atoms with van der Waals surface area (Å²) in [6.07, 6.45) is 3.68. The van der Waals surface area contributed by atoms with Crippen LogP contribution in [0.2, 0.25) is 0 Å². The first kappa shape index (κ1) is 10.9. The largest absolute Gasteiger partial charge is 0.316 e. The van der Waals surface area contributed by atoms with E-state index in [1.807, 2.05) is 12.1 Å². The molecule has 0 aromatic carbocycles. The third kappa shape index (κ3) is 2.93. The molecule has 2 rings (SSSR count). The Morgan fingerprint density at radius 2 is 2.44 bits per heavy atom. The minimum Gasteiger partial charge on any atom is -0.316 e. The van der Waals surface area contributed by atoms with Gasteiger partial charge in [0, 0.05) is 12.7 Å². The van der Waals surface area contributed by atoms with Crippen molar-refractivity contribution in [3.63, 3.8) is 0 Å². The molecule has 16 heavy (non-hydrogen) atoms. The van der Waals surface area contributed by atoms with Crippen LogP contribution < -0.4 is 16.2 Å². The topological polar surface area (TPSA) is 66.0 Å². The molecule has 2 heterocycles. The number of rotatable bonds is 3. The predicted octanol–water partition coefficient (Wildman–Crippen LogP) is 0.524. The highest BCUT2D eigenvalue weighted by Crippen LogP contribution is 2.09. The number of piperidine rings is 1. The van der Waals surface area contributed by atoms with Crippen molar-refractivity contribution in [2.24, 2.45) is 5.92 Å². The monoisotopic (exact) mass is 220 g/mol. The van der Waals surface area contributed by atoms with E-state index in [4.69, 9.17) is 0 Å². The summed E-state index contributed by atoms with van der Waals surface area (Å²) in [6.45, 7) is 1.77. The van der Waals surface area contributed by atoms with Crippen LogP contribution in [0.15, 0.2) is 24.4 Å². The van der Waals surface area contributed by atoms with E-state index in [-0.39, 0.29) is 11.8 Å². The fourth-order valence-electron chi connectivity index (χ4n) is 1.74. The number of pyridine rings is 1. The summed E-state index contributed by atoms with van der Waals surface area (Å²) in [6, 6.07) is 5.50. The molecule has 0 unspecified atom stereocenters. The van der Waals surface area contributed by atoms with Gasteiger partial charge in [-0.1, -0.05) is 6.07 Å². The lowest BCUT2D eigenvalue weighted by molar-refractivity contribution is -0.124. The van der Waals surface area contributed by atoms with Gasteiger partial charge in [-0.3, -0.25) is 15.6 Å². The molecule has 1 saturated heterocycles. The van der Waals surface area contributed by atoms with E-state index in [1.54, 1.807) is 12.3 Å². The smallest absolute Gasteiger partial charge is 0.242 e. The first-order valence-electron chi connectivity index (χ1n) is 5.54. The Kier molecular flexibility index (Phi) is 3.71. The second-order valence-electron chi connectivity index (χ2n) is 3.87. The number of carbonyl (C=O) groups excluding carboxylic acids is 1. The first-order chi connectivity index (χ1) is 7.86. The van der Waals surface area contributed by atoms with Crippen molar-refractivity contribution in [3.8, 4) is 0 Å². The van der Waals surface area contributed by atoms with Gasteiger partial charge >= 0.3 is 0 Å². The van der Waals surface area contributed by atoms with Crippen LogP contribution in [0.3, 0.4) is 0 Å². The number of hydrogen-bond donors (Lipinski definition) is 3. The molecule has 0 saturated carbocycles. The van der Waals surface area contributed by atoms with Crippen LogP contribution >= 0.6 is 0 Å². The summed E-state index contributed by atoms with van der Waals surface area (Å²) in [5.41, 5.74) is 5.48. The summed E-state index contributed by atoms with van der Waals surface area (Å²) >= 11 is 0. The highest BCUT2D eigenvalue weighted by Gasteiger charge is 2.20. The summed E-state index contributed by atoms with van der Waals surface area (Å²) < 4.78 is 0. The number of aromatic nitrogens is 1. The van der Waals surface area contributed by atoms with Gasteiger partial charge in [0.2, 0.25) is 5.91 Å². The fourth-order valence-corrected chi connectivity index (χ4v) is 1.74. The van der Waals surface area contributed by atoms with E-state index >= 15 is 0 Å². The quantitative estimate of drug-likeness (QED) is 0.650. The van der Waals surface area contributed by atoms with Crippen LogP contribution in [-0.2, 0) is 4.79 Å². The molecule has 3 N–H and O–H groups in total. The molecular formula is C11H16N4O. The zero-order valence-corrected chi connectivity index (χ0v) is 9.07. The number of hydrazine groups is 1. The Labute approximate surface area is 94.6 Å². The van der Waals surface area contributed by atoms with Crippen molar-refractivity contribution in [2.75, 3.05) is 18.5 Å². The second kappa shape index (κ2) is 5.46. The maximum Gasteiger partial charge on any atom is 0.242 e. The second-order valence-corrected chi connectivity index (χ2v) is 3.87. The van der Waals surface area contributed by atoms with Crippen LogP contribution in [-0.4, -0.2) is 24.0 Å². The SMILES string of the molecule is O=C(NNc1ccccn1)[C@@H]1CCCNC1. The minimum atomic E-state index is 0.0258. The van der Waals surface area contributed by atoms with Gasteiger partial charge in [0.1, 0.15) is 5.82 Å². The molecule has 86 valence electrons. The Morgan fingerprint density at radius 1 is 1.50 bits per heavy atom. The average molecular weight is 220 g/mol. The van der Waals surface area contributed by atoms with Gasteiger partial charge in [0.25, 0.3) is 0 Å². The maximum absolute atomic E-state index is 11.7. The van der Waals surface area contributed by atoms with Crippen LogP contribution in [0.4, 0.5) is 5.82 Å². The summed E-state index contributed by atoms with van der Waals surface area (Å²) in [7, 11) is 0. The standard InChI is InChI=1S/C11H16N4O/c16-11(9-4-3-6-12-8-9)15-14-10-5-1-2-7-13-10/h1-2,5,7,9,12H,3-4,6,8H2,(H,13,14)(H,15,16)/t9-/m1/s1. The van der Waals surface area contributed by atoms with Gasteiger partial charge in [0.15, 0.2) is 0 Å². The lowest BCUT2D eigenvalue weighted by Gasteiger charge is -2.21. The highest BCUT2D eigenvalue weighted by molar-refractivity contribution is 5.80. The number of hydrogen-bond acceptors (Lipinski definition) is 4. The van der Waals surface area contributed by atoms with Crippen LogP contribution in [0.1, 0.15) is 12.8 Å². The van der Waals surface area contributed by atoms with Crippen LogP contribution in [0, 0.1) is 5.92 Å². The van der Waals surface area contributed by atoms with Gasteiger partial charge in [-0.2, -0.15) is 0 Å². The molecular weight excluding hydrogens is 204 g/mol. The van der Waals surface area contributed by atoms with Crippen molar-refractivity contribution in [2.45, 2.75) is 12.8 Å². The van der Waals surface area contributed by atoms with E-state index in [0.717, 1.165) is 25.9 Å². The molecule has 1 aliphatic heterocycles. The Bertz CT molecular complexity index is 335. The van der Waals surface area contributed by atoms with Crippen molar-refractivity contribution >= 4 is 11.7 Å². The summed E-state index contributed by atoms with van der Waals surface area (Å²) in [4.78, 5) is 15.8. The molecule has 1 fully saturated rings. The van der Waals surface area contributed by atoms with Gasteiger partial charge in [-0.05, 0) is 31.5 Å². The molecule has 1 atom stereocenters. The van der Waals surface area contributed by atoms with Crippen molar-refractivity contribution in [1.82, 2.24) is 15.7 Å². The molecule has 0 bridgehead atoms. The van der Waals surface area contributed by atoms with E-state index < -0.39 is 0 Å².